The first-order valence-electron chi connectivity index (χ1n) is 7.81. The van der Waals surface area contributed by atoms with Crippen molar-refractivity contribution in [2.45, 2.75) is 45.3 Å². The Bertz CT molecular complexity index is 537. The molecule has 0 aromatic heterocycles. The Balaban J connectivity index is 1.83. The van der Waals surface area contributed by atoms with Crippen molar-refractivity contribution in [2.24, 2.45) is 11.8 Å². The van der Waals surface area contributed by atoms with Gasteiger partial charge in [0.1, 0.15) is 5.75 Å². The van der Waals surface area contributed by atoms with E-state index in [1.807, 2.05) is 32.0 Å². The Hall–Kier alpha value is -1.55. The molecule has 2 atom stereocenters. The molecule has 114 valence electrons. The molecule has 1 aliphatic heterocycles. The number of ether oxygens (including phenoxy) is 1. The number of benzene rings is 1. The minimum atomic E-state index is -0.489. The highest BCUT2D eigenvalue weighted by atomic mass is 16.5. The van der Waals surface area contributed by atoms with Gasteiger partial charge in [-0.2, -0.15) is 0 Å². The van der Waals surface area contributed by atoms with Crippen molar-refractivity contribution in [3.63, 3.8) is 0 Å². The van der Waals surface area contributed by atoms with E-state index in [2.05, 4.69) is 5.32 Å². The summed E-state index contributed by atoms with van der Waals surface area (Å²) in [5, 5.41) is 13.4. The topological polar surface area (TPSA) is 58.6 Å². The van der Waals surface area contributed by atoms with Crippen LogP contribution in [0.15, 0.2) is 18.2 Å². The predicted molar refractivity (Wildman–Crippen MR) is 80.0 cm³/mol. The van der Waals surface area contributed by atoms with Crippen LogP contribution in [0, 0.1) is 11.8 Å². The number of hydrogen-bond donors (Lipinski definition) is 2. The molecule has 1 amide bonds. The third-order valence-electron chi connectivity index (χ3n) is 4.31. The van der Waals surface area contributed by atoms with Gasteiger partial charge in [0.25, 0.3) is 0 Å². The van der Waals surface area contributed by atoms with Gasteiger partial charge in [0.15, 0.2) is 0 Å². The number of carbonyl (C=O) groups is 1. The lowest BCUT2D eigenvalue weighted by molar-refractivity contribution is -0.123. The van der Waals surface area contributed by atoms with Gasteiger partial charge < -0.3 is 15.2 Å². The number of carbonyl (C=O) groups excluding carboxylic acids is 1. The average molecular weight is 289 g/mol. The van der Waals surface area contributed by atoms with Gasteiger partial charge in [0.2, 0.25) is 5.91 Å². The zero-order valence-corrected chi connectivity index (χ0v) is 12.6. The molecule has 1 saturated carbocycles. The van der Waals surface area contributed by atoms with E-state index >= 15 is 0 Å². The van der Waals surface area contributed by atoms with Crippen LogP contribution in [0.25, 0.3) is 0 Å². The maximum Gasteiger partial charge on any atom is 0.223 e. The molecular weight excluding hydrogens is 266 g/mol. The van der Waals surface area contributed by atoms with Crippen molar-refractivity contribution >= 4 is 5.91 Å². The average Bonchev–Trinajstić information content (AvgIpc) is 3.31. The lowest BCUT2D eigenvalue weighted by Gasteiger charge is -2.28. The number of aliphatic hydroxyl groups excluding tert-OH is 1. The number of aliphatic hydroxyl groups is 1. The molecular formula is C17H23NO3. The molecule has 0 bridgehead atoms. The van der Waals surface area contributed by atoms with Crippen LogP contribution >= 0.6 is 0 Å². The lowest BCUT2D eigenvalue weighted by Crippen LogP contribution is -2.33. The Labute approximate surface area is 125 Å². The highest BCUT2D eigenvalue weighted by Crippen LogP contribution is 2.36. The van der Waals surface area contributed by atoms with Crippen molar-refractivity contribution in [1.82, 2.24) is 5.32 Å². The Morgan fingerprint density at radius 1 is 1.33 bits per heavy atom. The zero-order chi connectivity index (χ0) is 15.0. The van der Waals surface area contributed by atoms with Crippen LogP contribution < -0.4 is 10.1 Å². The maximum absolute atomic E-state index is 12.0. The van der Waals surface area contributed by atoms with Gasteiger partial charge in [-0.15, -0.1) is 0 Å². The van der Waals surface area contributed by atoms with Crippen molar-refractivity contribution in [3.8, 4) is 5.75 Å². The Morgan fingerprint density at radius 3 is 2.76 bits per heavy atom. The smallest absolute Gasteiger partial charge is 0.223 e. The molecule has 1 heterocycles. The standard InChI is InChI=1S/C17H23NO3/c1-10(2)16(19)12-5-6-15-13(9-12)14(7-8-21-15)18-17(20)11-3-4-11/h5-6,9-11,14,16,19H,3-4,7-8H2,1-2H3,(H,18,20). The lowest BCUT2D eigenvalue weighted by atomic mass is 9.93. The molecule has 2 N–H and O–H groups in total. The molecule has 4 nitrogen and oxygen atoms in total. The molecule has 0 saturated heterocycles. The van der Waals surface area contributed by atoms with E-state index in [-0.39, 0.29) is 23.8 Å². The van der Waals surface area contributed by atoms with Crippen LogP contribution in [0.4, 0.5) is 0 Å². The summed E-state index contributed by atoms with van der Waals surface area (Å²) in [6, 6.07) is 5.80. The summed E-state index contributed by atoms with van der Waals surface area (Å²) in [4.78, 5) is 12.0. The van der Waals surface area contributed by atoms with Gasteiger partial charge in [-0.1, -0.05) is 19.9 Å². The third kappa shape index (κ3) is 3.05. The third-order valence-corrected chi connectivity index (χ3v) is 4.31. The largest absolute Gasteiger partial charge is 0.493 e. The van der Waals surface area contributed by atoms with E-state index in [1.54, 1.807) is 0 Å². The molecule has 3 rings (SSSR count). The second kappa shape index (κ2) is 5.68. The maximum atomic E-state index is 12.0. The number of rotatable bonds is 4. The molecule has 0 spiro atoms. The van der Waals surface area contributed by atoms with Crippen LogP contribution in [0.1, 0.15) is 56.4 Å². The normalized spacial score (nSPS) is 22.4. The number of hydrogen-bond acceptors (Lipinski definition) is 3. The molecule has 2 unspecified atom stereocenters. The molecule has 0 radical (unpaired) electrons. The van der Waals surface area contributed by atoms with Gasteiger partial charge in [-0.3, -0.25) is 4.79 Å². The SMILES string of the molecule is CC(C)C(O)c1ccc2c(c1)C(NC(=O)C1CC1)CCO2. The van der Waals surface area contributed by atoms with E-state index in [0.29, 0.717) is 6.61 Å². The highest BCUT2D eigenvalue weighted by Gasteiger charge is 2.33. The van der Waals surface area contributed by atoms with Crippen LogP contribution in [-0.4, -0.2) is 17.6 Å². The van der Waals surface area contributed by atoms with Gasteiger partial charge in [-0.05, 0) is 36.5 Å². The van der Waals surface area contributed by atoms with Crippen molar-refractivity contribution < 1.29 is 14.6 Å². The van der Waals surface area contributed by atoms with Crippen molar-refractivity contribution in [3.05, 3.63) is 29.3 Å². The summed E-state index contributed by atoms with van der Waals surface area (Å²) in [5.74, 6) is 1.34. The molecule has 4 heteroatoms. The van der Waals surface area contributed by atoms with Gasteiger partial charge in [0, 0.05) is 17.9 Å². The zero-order valence-electron chi connectivity index (χ0n) is 12.6. The predicted octanol–water partition coefficient (Wildman–Crippen LogP) is 2.73. The molecule has 1 aromatic carbocycles. The fraction of sp³-hybridized carbons (Fsp3) is 0.588. The minimum absolute atomic E-state index is 0.00108. The Morgan fingerprint density at radius 2 is 2.10 bits per heavy atom. The van der Waals surface area contributed by atoms with Gasteiger partial charge in [0.05, 0.1) is 18.8 Å². The first kappa shape index (κ1) is 14.4. The van der Waals surface area contributed by atoms with Crippen LogP contribution in [0.5, 0.6) is 5.75 Å². The molecule has 1 aliphatic carbocycles. The highest BCUT2D eigenvalue weighted by molar-refractivity contribution is 5.81. The molecule has 1 aromatic rings. The van der Waals surface area contributed by atoms with E-state index < -0.39 is 6.10 Å². The van der Waals surface area contributed by atoms with Gasteiger partial charge >= 0.3 is 0 Å². The Kier molecular flexibility index (Phi) is 3.89. The summed E-state index contributed by atoms with van der Waals surface area (Å²) in [7, 11) is 0. The first-order chi connectivity index (χ1) is 10.1. The van der Waals surface area contributed by atoms with Gasteiger partial charge in [-0.25, -0.2) is 0 Å². The van der Waals surface area contributed by atoms with E-state index in [4.69, 9.17) is 4.74 Å². The van der Waals surface area contributed by atoms with Crippen LogP contribution in [0.2, 0.25) is 0 Å². The van der Waals surface area contributed by atoms with Crippen molar-refractivity contribution in [2.75, 3.05) is 6.61 Å². The molecule has 21 heavy (non-hydrogen) atoms. The number of nitrogens with one attached hydrogen (secondary N) is 1. The number of fused-ring (bicyclic) bond motifs is 1. The summed E-state index contributed by atoms with van der Waals surface area (Å²) in [5.41, 5.74) is 1.88. The summed E-state index contributed by atoms with van der Waals surface area (Å²) < 4.78 is 5.67. The molecule has 2 aliphatic rings. The summed E-state index contributed by atoms with van der Waals surface area (Å²) in [6.45, 7) is 4.61. The molecule has 1 fully saturated rings. The number of amides is 1. The van der Waals surface area contributed by atoms with E-state index in [1.165, 1.54) is 0 Å². The quantitative estimate of drug-likeness (QED) is 0.896. The van der Waals surface area contributed by atoms with Crippen LogP contribution in [0.3, 0.4) is 0 Å². The first-order valence-corrected chi connectivity index (χ1v) is 7.81. The fourth-order valence-electron chi connectivity index (χ4n) is 2.77. The minimum Gasteiger partial charge on any atom is -0.493 e. The van der Waals surface area contributed by atoms with Crippen LogP contribution in [-0.2, 0) is 4.79 Å². The van der Waals surface area contributed by atoms with Crippen molar-refractivity contribution in [1.29, 1.82) is 0 Å². The second-order valence-electron chi connectivity index (χ2n) is 6.46. The summed E-state index contributed by atoms with van der Waals surface area (Å²) in [6.07, 6.45) is 2.31. The van der Waals surface area contributed by atoms with E-state index in [9.17, 15) is 9.90 Å². The monoisotopic (exact) mass is 289 g/mol. The van der Waals surface area contributed by atoms with E-state index in [0.717, 1.165) is 36.1 Å². The summed E-state index contributed by atoms with van der Waals surface area (Å²) >= 11 is 0. The fourth-order valence-corrected chi connectivity index (χ4v) is 2.77. The second-order valence-corrected chi connectivity index (χ2v) is 6.46.